The fraction of sp³-hybridized carbons (Fsp3) is 0.318. The normalized spacial score (nSPS) is 14.4. The van der Waals surface area contributed by atoms with Gasteiger partial charge in [-0.2, -0.15) is 4.57 Å². The van der Waals surface area contributed by atoms with Gasteiger partial charge in [-0.05, 0) is 41.3 Å². The zero-order chi connectivity index (χ0) is 17.4. The third kappa shape index (κ3) is 3.13. The number of para-hydroxylation sites is 1. The summed E-state index contributed by atoms with van der Waals surface area (Å²) in [7, 11) is 0. The molecule has 0 saturated heterocycles. The van der Waals surface area contributed by atoms with Crippen LogP contribution in [-0.2, 0) is 12.0 Å². The molecule has 0 N–H and O–H groups in total. The van der Waals surface area contributed by atoms with E-state index in [9.17, 15) is 0 Å². The molecule has 0 atom stereocenters. The monoisotopic (exact) mass is 349 g/mol. The van der Waals surface area contributed by atoms with E-state index in [1.54, 1.807) is 0 Å². The Morgan fingerprint density at radius 3 is 2.36 bits per heavy atom. The molecule has 0 amide bonds. The van der Waals surface area contributed by atoms with Crippen LogP contribution in [0.1, 0.15) is 32.8 Å². The van der Waals surface area contributed by atoms with E-state index in [-0.39, 0.29) is 5.41 Å². The molecule has 0 aliphatic carbocycles. The molecule has 0 saturated carbocycles. The van der Waals surface area contributed by atoms with Crippen molar-refractivity contribution in [1.29, 1.82) is 0 Å². The number of imidazole rings is 1. The van der Waals surface area contributed by atoms with Crippen molar-refractivity contribution in [2.75, 3.05) is 5.75 Å². The smallest absolute Gasteiger partial charge is 0.224 e. The maximum atomic E-state index is 2.41. The van der Waals surface area contributed by atoms with Crippen LogP contribution in [0.25, 0.3) is 16.9 Å². The van der Waals surface area contributed by atoms with Gasteiger partial charge in [0.15, 0.2) is 5.69 Å². The standard InChI is InChI=1S/C22H25N2S/c1-22(2,3)18-12-10-17(11-13-18)20-16-23-14-7-15-25-21(23)24(20)19-8-5-4-6-9-19/h4-6,8-13,16H,7,14-15H2,1-3H3/q+1. The largest absolute Gasteiger partial charge is 0.323 e. The summed E-state index contributed by atoms with van der Waals surface area (Å²) in [6.07, 6.45) is 3.56. The van der Waals surface area contributed by atoms with Crippen molar-refractivity contribution in [2.24, 2.45) is 0 Å². The van der Waals surface area contributed by atoms with E-state index in [2.05, 4.69) is 90.7 Å². The first-order valence-corrected chi connectivity index (χ1v) is 9.97. The maximum Gasteiger partial charge on any atom is 0.323 e. The van der Waals surface area contributed by atoms with Gasteiger partial charge in [0.1, 0.15) is 11.9 Å². The maximum absolute atomic E-state index is 2.41. The summed E-state index contributed by atoms with van der Waals surface area (Å²) < 4.78 is 4.82. The van der Waals surface area contributed by atoms with Crippen LogP contribution < -0.4 is 4.57 Å². The van der Waals surface area contributed by atoms with Gasteiger partial charge in [-0.25, -0.2) is 4.57 Å². The minimum absolute atomic E-state index is 0.184. The molecule has 2 aromatic carbocycles. The highest BCUT2D eigenvalue weighted by molar-refractivity contribution is 7.99. The lowest BCUT2D eigenvalue weighted by molar-refractivity contribution is -0.734. The van der Waals surface area contributed by atoms with Crippen LogP contribution in [0.5, 0.6) is 0 Å². The molecule has 0 spiro atoms. The Bertz CT molecular complexity index is 871. The second-order valence-electron chi connectivity index (χ2n) is 7.69. The minimum atomic E-state index is 0.184. The van der Waals surface area contributed by atoms with E-state index in [0.717, 1.165) is 6.54 Å². The molecule has 0 fully saturated rings. The average Bonchev–Trinajstić information content (AvgIpc) is 3.01. The molecule has 3 heteroatoms. The Morgan fingerprint density at radius 2 is 1.68 bits per heavy atom. The molecule has 2 nitrogen and oxygen atoms in total. The SMILES string of the molecule is CC(C)(C)c1ccc(-c2c[n+]3c(n2-c2ccccc2)SCCC3)cc1. The molecule has 4 rings (SSSR count). The first-order valence-electron chi connectivity index (χ1n) is 8.98. The molecule has 0 unspecified atom stereocenters. The molecule has 1 aliphatic heterocycles. The van der Waals surface area contributed by atoms with Gasteiger partial charge in [-0.3, -0.25) is 0 Å². The van der Waals surface area contributed by atoms with Crippen molar-refractivity contribution in [2.45, 2.75) is 44.3 Å². The lowest BCUT2D eigenvalue weighted by Gasteiger charge is -2.18. The molecule has 2 heterocycles. The van der Waals surface area contributed by atoms with Crippen LogP contribution in [0.4, 0.5) is 0 Å². The number of aryl methyl sites for hydroxylation is 1. The number of fused-ring (bicyclic) bond motifs is 1. The van der Waals surface area contributed by atoms with Gasteiger partial charge in [-0.1, -0.05) is 63.2 Å². The first-order chi connectivity index (χ1) is 12.0. The summed E-state index contributed by atoms with van der Waals surface area (Å²) in [6.45, 7) is 7.90. The summed E-state index contributed by atoms with van der Waals surface area (Å²) in [5, 5.41) is 1.34. The van der Waals surface area contributed by atoms with E-state index >= 15 is 0 Å². The fourth-order valence-electron chi connectivity index (χ4n) is 3.37. The average molecular weight is 350 g/mol. The van der Waals surface area contributed by atoms with Gasteiger partial charge in [0.05, 0.1) is 6.54 Å². The summed E-state index contributed by atoms with van der Waals surface area (Å²) in [6, 6.07) is 19.8. The predicted molar refractivity (Wildman–Crippen MR) is 105 cm³/mol. The summed E-state index contributed by atoms with van der Waals surface area (Å²) in [4.78, 5) is 0. The number of nitrogens with zero attached hydrogens (tertiary/aromatic N) is 2. The van der Waals surface area contributed by atoms with Crippen LogP contribution >= 0.6 is 11.8 Å². The Labute approximate surface area is 154 Å². The van der Waals surface area contributed by atoms with Crippen LogP contribution in [0.15, 0.2) is 66.0 Å². The van der Waals surface area contributed by atoms with Crippen molar-refractivity contribution in [3.8, 4) is 16.9 Å². The quantitative estimate of drug-likeness (QED) is 0.576. The van der Waals surface area contributed by atoms with Crippen LogP contribution in [0.2, 0.25) is 0 Å². The molecule has 0 bridgehead atoms. The summed E-state index contributed by atoms with van der Waals surface area (Å²) in [5.74, 6) is 1.19. The number of hydrogen-bond acceptors (Lipinski definition) is 1. The minimum Gasteiger partial charge on any atom is -0.224 e. The third-order valence-corrected chi connectivity index (χ3v) is 5.96. The lowest BCUT2D eigenvalue weighted by atomic mass is 9.86. The number of benzene rings is 2. The molecular formula is C22H25N2S+. The fourth-order valence-corrected chi connectivity index (χ4v) is 4.47. The van der Waals surface area contributed by atoms with Crippen molar-refractivity contribution in [3.05, 3.63) is 66.4 Å². The highest BCUT2D eigenvalue weighted by Gasteiger charge is 2.28. The van der Waals surface area contributed by atoms with Crippen LogP contribution in [-0.4, -0.2) is 10.3 Å². The Morgan fingerprint density at radius 1 is 0.960 bits per heavy atom. The van der Waals surface area contributed by atoms with E-state index < -0.39 is 0 Å². The molecule has 1 aliphatic rings. The highest BCUT2D eigenvalue weighted by Crippen LogP contribution is 2.32. The van der Waals surface area contributed by atoms with Gasteiger partial charge in [0.25, 0.3) is 0 Å². The van der Waals surface area contributed by atoms with Gasteiger partial charge in [0.2, 0.25) is 0 Å². The lowest BCUT2D eigenvalue weighted by Crippen LogP contribution is -2.37. The second-order valence-corrected chi connectivity index (χ2v) is 8.75. The third-order valence-electron chi connectivity index (χ3n) is 4.79. The highest BCUT2D eigenvalue weighted by atomic mass is 32.2. The molecule has 128 valence electrons. The molecule has 3 aromatic rings. The van der Waals surface area contributed by atoms with Crippen LogP contribution in [0.3, 0.4) is 0 Å². The van der Waals surface area contributed by atoms with Gasteiger partial charge in [0, 0.05) is 11.3 Å². The van der Waals surface area contributed by atoms with Gasteiger partial charge >= 0.3 is 5.16 Å². The number of aromatic nitrogens is 2. The Hall–Kier alpha value is -2.00. The van der Waals surface area contributed by atoms with Gasteiger partial charge < -0.3 is 0 Å². The van der Waals surface area contributed by atoms with Crippen molar-refractivity contribution in [3.63, 3.8) is 0 Å². The van der Waals surface area contributed by atoms with E-state index in [0.29, 0.717) is 0 Å². The molecule has 0 radical (unpaired) electrons. The molecule has 25 heavy (non-hydrogen) atoms. The Kier molecular flexibility index (Phi) is 4.20. The number of hydrogen-bond donors (Lipinski definition) is 0. The van der Waals surface area contributed by atoms with E-state index in [1.165, 1.54) is 39.8 Å². The van der Waals surface area contributed by atoms with Crippen molar-refractivity contribution < 1.29 is 4.57 Å². The molecular weight excluding hydrogens is 324 g/mol. The van der Waals surface area contributed by atoms with Crippen LogP contribution in [0, 0.1) is 0 Å². The zero-order valence-corrected chi connectivity index (χ0v) is 16.0. The topological polar surface area (TPSA) is 8.81 Å². The van der Waals surface area contributed by atoms with E-state index in [4.69, 9.17) is 0 Å². The predicted octanol–water partition coefficient (Wildman–Crippen LogP) is 5.23. The zero-order valence-electron chi connectivity index (χ0n) is 15.2. The first kappa shape index (κ1) is 16.5. The van der Waals surface area contributed by atoms with Gasteiger partial charge in [-0.15, -0.1) is 0 Å². The number of rotatable bonds is 2. The van der Waals surface area contributed by atoms with E-state index in [1.807, 2.05) is 11.8 Å². The molecule has 1 aromatic heterocycles. The summed E-state index contributed by atoms with van der Waals surface area (Å²) >= 11 is 1.96. The Balaban J connectivity index is 1.86. The van der Waals surface area contributed by atoms with Crippen molar-refractivity contribution >= 4 is 11.8 Å². The summed E-state index contributed by atoms with van der Waals surface area (Å²) in [5.41, 5.74) is 5.35. The number of thioether (sulfide) groups is 1. The second kappa shape index (κ2) is 6.38. The van der Waals surface area contributed by atoms with Crippen molar-refractivity contribution in [1.82, 2.24) is 4.57 Å².